The van der Waals surface area contributed by atoms with Gasteiger partial charge < -0.3 is 5.11 Å². The van der Waals surface area contributed by atoms with E-state index < -0.39 is 0 Å². The Morgan fingerprint density at radius 1 is 0.875 bits per heavy atom. The van der Waals surface area contributed by atoms with Crippen molar-refractivity contribution in [3.05, 3.63) is 0 Å². The summed E-state index contributed by atoms with van der Waals surface area (Å²) >= 11 is 0. The van der Waals surface area contributed by atoms with Crippen LogP contribution in [0.5, 0.6) is 0 Å². The van der Waals surface area contributed by atoms with Gasteiger partial charge in [-0.1, -0.05) is 72.1 Å². The molecule has 0 radical (unpaired) electrons. The predicted molar refractivity (Wildman–Crippen MR) is 72.7 cm³/mol. The normalized spacial score (nSPS) is 14.1. The fraction of sp³-hybridized carbons (Fsp3) is 1.00. The molecule has 1 nitrogen and oxygen atoms in total. The number of hydrogen-bond acceptors (Lipinski definition) is 1. The van der Waals surface area contributed by atoms with Crippen LogP contribution in [0, 0.1) is 5.41 Å². The molecular weight excluding hydrogens is 196 g/mol. The SMILES string of the molecule is CCCCCCCCCCC(C)(C)C(C)O. The molecular formula is C15H32O. The maximum Gasteiger partial charge on any atom is 0.0563 e. The second-order valence-electron chi connectivity index (χ2n) is 5.89. The van der Waals surface area contributed by atoms with Crippen LogP contribution in [-0.4, -0.2) is 11.2 Å². The smallest absolute Gasteiger partial charge is 0.0563 e. The molecule has 0 aliphatic carbocycles. The van der Waals surface area contributed by atoms with Gasteiger partial charge in [0.2, 0.25) is 0 Å². The van der Waals surface area contributed by atoms with Crippen LogP contribution in [0.4, 0.5) is 0 Å². The van der Waals surface area contributed by atoms with Gasteiger partial charge in [-0.2, -0.15) is 0 Å². The third-order valence-electron chi connectivity index (χ3n) is 3.81. The first-order valence-electron chi connectivity index (χ1n) is 7.18. The zero-order valence-electron chi connectivity index (χ0n) is 11.9. The Labute approximate surface area is 103 Å². The van der Waals surface area contributed by atoms with Crippen molar-refractivity contribution in [2.75, 3.05) is 0 Å². The number of rotatable bonds is 10. The third kappa shape index (κ3) is 8.15. The van der Waals surface area contributed by atoms with E-state index in [1.807, 2.05) is 6.92 Å². The van der Waals surface area contributed by atoms with E-state index in [1.54, 1.807) is 0 Å². The molecule has 0 amide bonds. The molecule has 1 unspecified atom stereocenters. The third-order valence-corrected chi connectivity index (χ3v) is 3.81. The van der Waals surface area contributed by atoms with Crippen LogP contribution in [0.15, 0.2) is 0 Å². The van der Waals surface area contributed by atoms with Crippen molar-refractivity contribution in [2.45, 2.75) is 91.6 Å². The van der Waals surface area contributed by atoms with Crippen LogP contribution < -0.4 is 0 Å². The largest absolute Gasteiger partial charge is 0.393 e. The molecule has 1 atom stereocenters. The summed E-state index contributed by atoms with van der Waals surface area (Å²) in [4.78, 5) is 0. The molecule has 16 heavy (non-hydrogen) atoms. The van der Waals surface area contributed by atoms with Crippen LogP contribution in [0.2, 0.25) is 0 Å². The molecule has 98 valence electrons. The van der Waals surface area contributed by atoms with E-state index >= 15 is 0 Å². The van der Waals surface area contributed by atoms with Crippen LogP contribution in [0.25, 0.3) is 0 Å². The van der Waals surface area contributed by atoms with Crippen molar-refractivity contribution in [1.82, 2.24) is 0 Å². The Bertz CT molecular complexity index is 150. The van der Waals surface area contributed by atoms with Crippen LogP contribution >= 0.6 is 0 Å². The van der Waals surface area contributed by atoms with Crippen molar-refractivity contribution in [3.63, 3.8) is 0 Å². The van der Waals surface area contributed by atoms with Crippen LogP contribution in [0.1, 0.15) is 85.5 Å². The summed E-state index contributed by atoms with van der Waals surface area (Å²) in [6.45, 7) is 8.50. The Morgan fingerprint density at radius 3 is 1.75 bits per heavy atom. The first kappa shape index (κ1) is 16.0. The molecule has 0 bridgehead atoms. The molecule has 0 fully saturated rings. The minimum Gasteiger partial charge on any atom is -0.393 e. The number of hydrogen-bond donors (Lipinski definition) is 1. The molecule has 0 aliphatic rings. The van der Waals surface area contributed by atoms with E-state index in [9.17, 15) is 5.11 Å². The first-order chi connectivity index (χ1) is 7.50. The van der Waals surface area contributed by atoms with E-state index in [-0.39, 0.29) is 11.5 Å². The Balaban J connectivity index is 3.27. The average Bonchev–Trinajstić information content (AvgIpc) is 2.21. The van der Waals surface area contributed by atoms with E-state index in [1.165, 1.54) is 51.4 Å². The maximum absolute atomic E-state index is 9.58. The van der Waals surface area contributed by atoms with Gasteiger partial charge in [0.15, 0.2) is 0 Å². The van der Waals surface area contributed by atoms with Gasteiger partial charge in [-0.05, 0) is 18.8 Å². The average molecular weight is 228 g/mol. The quantitative estimate of drug-likeness (QED) is 0.526. The molecule has 1 N–H and O–H groups in total. The Morgan fingerprint density at radius 2 is 1.31 bits per heavy atom. The van der Waals surface area contributed by atoms with E-state index in [0.29, 0.717) is 0 Å². The molecule has 0 aromatic carbocycles. The molecule has 1 heteroatoms. The highest BCUT2D eigenvalue weighted by Gasteiger charge is 2.22. The van der Waals surface area contributed by atoms with Crippen molar-refractivity contribution < 1.29 is 5.11 Å². The van der Waals surface area contributed by atoms with Gasteiger partial charge in [-0.15, -0.1) is 0 Å². The van der Waals surface area contributed by atoms with E-state index in [2.05, 4.69) is 20.8 Å². The fourth-order valence-corrected chi connectivity index (χ4v) is 1.92. The highest BCUT2D eigenvalue weighted by Crippen LogP contribution is 2.27. The van der Waals surface area contributed by atoms with Gasteiger partial charge in [-0.25, -0.2) is 0 Å². The summed E-state index contributed by atoms with van der Waals surface area (Å²) in [5.41, 5.74) is 0.0994. The molecule has 0 aliphatic heterocycles. The van der Waals surface area contributed by atoms with Crippen molar-refractivity contribution in [2.24, 2.45) is 5.41 Å². The Hall–Kier alpha value is -0.0400. The van der Waals surface area contributed by atoms with E-state index in [0.717, 1.165) is 6.42 Å². The molecule has 0 saturated heterocycles. The second kappa shape index (κ2) is 9.04. The molecule has 0 aromatic heterocycles. The van der Waals surface area contributed by atoms with Gasteiger partial charge in [0.25, 0.3) is 0 Å². The molecule has 0 rings (SSSR count). The van der Waals surface area contributed by atoms with Crippen molar-refractivity contribution >= 4 is 0 Å². The monoisotopic (exact) mass is 228 g/mol. The number of aliphatic hydroxyl groups is 1. The van der Waals surface area contributed by atoms with Gasteiger partial charge in [0.1, 0.15) is 0 Å². The van der Waals surface area contributed by atoms with E-state index in [4.69, 9.17) is 0 Å². The highest BCUT2D eigenvalue weighted by atomic mass is 16.3. The van der Waals surface area contributed by atoms with Gasteiger partial charge in [0.05, 0.1) is 6.10 Å². The zero-order chi connectivity index (χ0) is 12.4. The number of aliphatic hydroxyl groups excluding tert-OH is 1. The minimum absolute atomic E-state index is 0.0994. The standard InChI is InChI=1S/C15H32O/c1-5-6-7-8-9-10-11-12-13-15(3,4)14(2)16/h14,16H,5-13H2,1-4H3. The fourth-order valence-electron chi connectivity index (χ4n) is 1.92. The lowest BCUT2D eigenvalue weighted by Crippen LogP contribution is -2.26. The summed E-state index contributed by atoms with van der Waals surface area (Å²) in [5.74, 6) is 0. The lowest BCUT2D eigenvalue weighted by Gasteiger charge is -2.27. The van der Waals surface area contributed by atoms with Gasteiger partial charge in [-0.3, -0.25) is 0 Å². The summed E-state index contributed by atoms with van der Waals surface area (Å²) in [6, 6.07) is 0. The van der Waals surface area contributed by atoms with Crippen LogP contribution in [0.3, 0.4) is 0 Å². The summed E-state index contributed by atoms with van der Waals surface area (Å²) in [6.07, 6.45) is 11.9. The highest BCUT2D eigenvalue weighted by molar-refractivity contribution is 4.73. The molecule has 0 heterocycles. The van der Waals surface area contributed by atoms with Crippen LogP contribution in [-0.2, 0) is 0 Å². The second-order valence-corrected chi connectivity index (χ2v) is 5.89. The predicted octanol–water partition coefficient (Wildman–Crippen LogP) is 4.92. The topological polar surface area (TPSA) is 20.2 Å². The maximum atomic E-state index is 9.58. The summed E-state index contributed by atoms with van der Waals surface area (Å²) in [7, 11) is 0. The summed E-state index contributed by atoms with van der Waals surface area (Å²) < 4.78 is 0. The van der Waals surface area contributed by atoms with Crippen molar-refractivity contribution in [3.8, 4) is 0 Å². The zero-order valence-corrected chi connectivity index (χ0v) is 11.9. The lowest BCUT2D eigenvalue weighted by atomic mass is 9.82. The Kier molecular flexibility index (Phi) is 9.02. The minimum atomic E-state index is -0.183. The van der Waals surface area contributed by atoms with Gasteiger partial charge >= 0.3 is 0 Å². The molecule has 0 aromatic rings. The molecule has 0 spiro atoms. The summed E-state index contributed by atoms with van der Waals surface area (Å²) in [5, 5.41) is 9.58. The van der Waals surface area contributed by atoms with Gasteiger partial charge in [0, 0.05) is 0 Å². The lowest BCUT2D eigenvalue weighted by molar-refractivity contribution is 0.0577. The number of unbranched alkanes of at least 4 members (excludes halogenated alkanes) is 7. The first-order valence-corrected chi connectivity index (χ1v) is 7.18. The van der Waals surface area contributed by atoms with Crippen molar-refractivity contribution in [1.29, 1.82) is 0 Å². The molecule has 0 saturated carbocycles.